The van der Waals surface area contributed by atoms with Crippen molar-refractivity contribution in [2.75, 3.05) is 6.54 Å². The maximum atomic E-state index is 11.1. The van der Waals surface area contributed by atoms with E-state index in [-0.39, 0.29) is 24.5 Å². The molecule has 3 N–H and O–H groups in total. The minimum Gasteiger partial charge on any atom is -0.328 e. The van der Waals surface area contributed by atoms with E-state index in [0.717, 1.165) is 0 Å². The van der Waals surface area contributed by atoms with Gasteiger partial charge in [-0.05, 0) is 13.8 Å². The summed E-state index contributed by atoms with van der Waals surface area (Å²) in [6.07, 6.45) is 0. The molecule has 1 aliphatic rings. The second-order valence-corrected chi connectivity index (χ2v) is 3.05. The minimum absolute atomic E-state index is 0.00463. The molecule has 0 aromatic heterocycles. The summed E-state index contributed by atoms with van der Waals surface area (Å²) in [6, 6.07) is -0.826. The molecule has 0 saturated carbocycles. The summed E-state index contributed by atoms with van der Waals surface area (Å²) < 4.78 is 0. The van der Waals surface area contributed by atoms with Crippen molar-refractivity contribution >= 4 is 11.9 Å². The van der Waals surface area contributed by atoms with Crippen LogP contribution in [0.1, 0.15) is 13.8 Å². The molecule has 1 fully saturated rings. The van der Waals surface area contributed by atoms with Crippen LogP contribution in [0.25, 0.3) is 0 Å². The summed E-state index contributed by atoms with van der Waals surface area (Å²) in [5.41, 5.74) is 5.36. The van der Waals surface area contributed by atoms with Gasteiger partial charge in [0.2, 0.25) is 0 Å². The fraction of sp³-hybridized carbons (Fsp3) is 0.714. The van der Waals surface area contributed by atoms with Gasteiger partial charge in [0.1, 0.15) is 6.04 Å². The number of imide groups is 1. The topological polar surface area (TPSA) is 75.4 Å². The Kier molecular flexibility index (Phi) is 2.32. The predicted molar refractivity (Wildman–Crippen MR) is 43.4 cm³/mol. The van der Waals surface area contributed by atoms with Gasteiger partial charge in [-0.3, -0.25) is 10.1 Å². The summed E-state index contributed by atoms with van der Waals surface area (Å²) in [5, 5.41) is 2.22. The molecule has 0 bridgehead atoms. The third-order valence-electron chi connectivity index (χ3n) is 1.88. The van der Waals surface area contributed by atoms with E-state index in [2.05, 4.69) is 5.32 Å². The van der Waals surface area contributed by atoms with Crippen LogP contribution >= 0.6 is 0 Å². The van der Waals surface area contributed by atoms with Crippen molar-refractivity contribution in [2.24, 2.45) is 5.73 Å². The molecule has 0 spiro atoms. The van der Waals surface area contributed by atoms with Gasteiger partial charge in [0.15, 0.2) is 0 Å². The monoisotopic (exact) mass is 171 g/mol. The van der Waals surface area contributed by atoms with E-state index in [1.807, 2.05) is 13.8 Å². The van der Waals surface area contributed by atoms with Gasteiger partial charge >= 0.3 is 6.03 Å². The van der Waals surface area contributed by atoms with Gasteiger partial charge in [-0.25, -0.2) is 4.79 Å². The molecule has 1 saturated heterocycles. The zero-order chi connectivity index (χ0) is 9.30. The van der Waals surface area contributed by atoms with Crippen molar-refractivity contribution in [3.63, 3.8) is 0 Å². The van der Waals surface area contributed by atoms with E-state index >= 15 is 0 Å². The minimum atomic E-state index is -0.488. The molecule has 5 nitrogen and oxygen atoms in total. The first-order valence-electron chi connectivity index (χ1n) is 3.91. The lowest BCUT2D eigenvalue weighted by atomic mass is 10.2. The van der Waals surface area contributed by atoms with Crippen LogP contribution in [0.15, 0.2) is 0 Å². The van der Waals surface area contributed by atoms with E-state index < -0.39 is 6.04 Å². The van der Waals surface area contributed by atoms with Crippen molar-refractivity contribution in [3.8, 4) is 0 Å². The van der Waals surface area contributed by atoms with E-state index in [1.54, 1.807) is 0 Å². The first-order chi connectivity index (χ1) is 5.57. The summed E-state index contributed by atoms with van der Waals surface area (Å²) in [6.45, 7) is 3.87. The predicted octanol–water partition coefficient (Wildman–Crippen LogP) is -0.726. The van der Waals surface area contributed by atoms with E-state index in [1.165, 1.54) is 4.90 Å². The van der Waals surface area contributed by atoms with Gasteiger partial charge in [-0.1, -0.05) is 0 Å². The number of urea groups is 1. The quantitative estimate of drug-likeness (QED) is 0.538. The van der Waals surface area contributed by atoms with Gasteiger partial charge < -0.3 is 10.6 Å². The van der Waals surface area contributed by atoms with Crippen LogP contribution in [0, 0.1) is 0 Å². The number of hydrogen-bond acceptors (Lipinski definition) is 3. The summed E-state index contributed by atoms with van der Waals surface area (Å²) in [4.78, 5) is 23.7. The lowest BCUT2D eigenvalue weighted by molar-refractivity contribution is -0.121. The summed E-state index contributed by atoms with van der Waals surface area (Å²) >= 11 is 0. The van der Waals surface area contributed by atoms with Gasteiger partial charge in [0.25, 0.3) is 5.91 Å². The molecule has 1 atom stereocenters. The fourth-order valence-electron chi connectivity index (χ4n) is 1.34. The SMILES string of the molecule is CC(C)N1C(=O)NC(=O)C1CN. The second-order valence-electron chi connectivity index (χ2n) is 3.05. The molecular formula is C7H13N3O2. The van der Waals surface area contributed by atoms with Crippen molar-refractivity contribution in [3.05, 3.63) is 0 Å². The lowest BCUT2D eigenvalue weighted by Gasteiger charge is -2.24. The number of nitrogens with one attached hydrogen (secondary N) is 1. The Morgan fingerprint density at radius 2 is 2.17 bits per heavy atom. The number of amides is 3. The van der Waals surface area contributed by atoms with E-state index in [0.29, 0.717) is 0 Å². The molecule has 0 radical (unpaired) electrons. The largest absolute Gasteiger partial charge is 0.328 e. The first kappa shape index (κ1) is 8.99. The molecule has 0 aliphatic carbocycles. The standard InChI is InChI=1S/C7H13N3O2/c1-4(2)10-5(3-8)6(11)9-7(10)12/h4-5H,3,8H2,1-2H3,(H,9,11,12). The summed E-state index contributed by atoms with van der Waals surface area (Å²) in [5.74, 6) is -0.295. The molecule has 5 heteroatoms. The third-order valence-corrected chi connectivity index (χ3v) is 1.88. The number of nitrogens with two attached hydrogens (primary N) is 1. The van der Waals surface area contributed by atoms with Crippen LogP contribution in [-0.2, 0) is 4.79 Å². The van der Waals surface area contributed by atoms with E-state index in [9.17, 15) is 9.59 Å². The Morgan fingerprint density at radius 1 is 1.58 bits per heavy atom. The third kappa shape index (κ3) is 1.27. The number of nitrogens with zero attached hydrogens (tertiary/aromatic N) is 1. The van der Waals surface area contributed by atoms with Crippen molar-refractivity contribution in [1.82, 2.24) is 10.2 Å². The Balaban J connectivity index is 2.82. The lowest BCUT2D eigenvalue weighted by Crippen LogP contribution is -2.44. The summed E-state index contributed by atoms with van der Waals surface area (Å²) in [7, 11) is 0. The molecule has 3 amide bonds. The molecule has 0 aromatic rings. The number of hydrogen-bond donors (Lipinski definition) is 2. The van der Waals surface area contributed by atoms with Crippen LogP contribution in [0.2, 0.25) is 0 Å². The highest BCUT2D eigenvalue weighted by Gasteiger charge is 2.38. The van der Waals surface area contributed by atoms with Crippen LogP contribution in [0.3, 0.4) is 0 Å². The molecular weight excluding hydrogens is 158 g/mol. The van der Waals surface area contributed by atoms with Crippen LogP contribution in [-0.4, -0.2) is 35.5 Å². The average molecular weight is 171 g/mol. The Morgan fingerprint density at radius 3 is 2.50 bits per heavy atom. The second kappa shape index (κ2) is 3.10. The zero-order valence-corrected chi connectivity index (χ0v) is 7.20. The molecule has 1 heterocycles. The average Bonchev–Trinajstić information content (AvgIpc) is 2.24. The van der Waals surface area contributed by atoms with Crippen molar-refractivity contribution in [1.29, 1.82) is 0 Å². The molecule has 1 unspecified atom stereocenters. The molecule has 68 valence electrons. The molecule has 12 heavy (non-hydrogen) atoms. The molecule has 1 rings (SSSR count). The highest BCUT2D eigenvalue weighted by Crippen LogP contribution is 2.11. The number of rotatable bonds is 2. The number of carbonyl (C=O) groups excluding carboxylic acids is 2. The van der Waals surface area contributed by atoms with Crippen LogP contribution in [0.5, 0.6) is 0 Å². The zero-order valence-electron chi connectivity index (χ0n) is 7.20. The Bertz CT molecular complexity index is 215. The van der Waals surface area contributed by atoms with Crippen molar-refractivity contribution in [2.45, 2.75) is 25.9 Å². The Hall–Kier alpha value is -1.10. The van der Waals surface area contributed by atoms with Gasteiger partial charge in [-0.15, -0.1) is 0 Å². The van der Waals surface area contributed by atoms with Gasteiger partial charge in [0, 0.05) is 12.6 Å². The fourth-order valence-corrected chi connectivity index (χ4v) is 1.34. The van der Waals surface area contributed by atoms with Crippen LogP contribution < -0.4 is 11.1 Å². The van der Waals surface area contributed by atoms with Crippen LogP contribution in [0.4, 0.5) is 4.79 Å². The highest BCUT2D eigenvalue weighted by atomic mass is 16.2. The normalized spacial score (nSPS) is 23.7. The highest BCUT2D eigenvalue weighted by molar-refractivity contribution is 6.04. The number of carbonyl (C=O) groups is 2. The first-order valence-corrected chi connectivity index (χ1v) is 3.91. The van der Waals surface area contributed by atoms with E-state index in [4.69, 9.17) is 5.73 Å². The maximum Gasteiger partial charge on any atom is 0.325 e. The van der Waals surface area contributed by atoms with Gasteiger partial charge in [-0.2, -0.15) is 0 Å². The smallest absolute Gasteiger partial charge is 0.325 e. The van der Waals surface area contributed by atoms with Crippen molar-refractivity contribution < 1.29 is 9.59 Å². The molecule has 0 aromatic carbocycles. The Labute approximate surface area is 70.9 Å². The maximum absolute atomic E-state index is 11.1. The van der Waals surface area contributed by atoms with Gasteiger partial charge in [0.05, 0.1) is 0 Å². The molecule has 1 aliphatic heterocycles.